The topological polar surface area (TPSA) is 41.1 Å². The molecule has 0 aliphatic carbocycles. The van der Waals surface area contributed by atoms with Crippen molar-refractivity contribution in [3.63, 3.8) is 0 Å². The lowest BCUT2D eigenvalue weighted by Crippen LogP contribution is -2.32. The number of hydrogen-bond donors (Lipinski definition) is 1. The van der Waals surface area contributed by atoms with Gasteiger partial charge in [0.25, 0.3) is 0 Å². The number of aromatic nitrogens is 2. The van der Waals surface area contributed by atoms with Crippen molar-refractivity contribution in [1.82, 2.24) is 15.3 Å². The Balaban J connectivity index is 2.62. The summed E-state index contributed by atoms with van der Waals surface area (Å²) >= 11 is 1.85. The highest BCUT2D eigenvalue weighted by Gasteiger charge is 2.11. The Labute approximate surface area is 115 Å². The molecular weight excluding hydrogens is 244 g/mol. The second-order valence-corrected chi connectivity index (χ2v) is 5.37. The average Bonchev–Trinajstić information content (AvgIpc) is 2.39. The highest BCUT2D eigenvalue weighted by atomic mass is 32.2. The lowest BCUT2D eigenvalue weighted by atomic mass is 10.3. The van der Waals surface area contributed by atoms with Gasteiger partial charge in [0.1, 0.15) is 5.82 Å². The molecule has 18 heavy (non-hydrogen) atoms. The number of rotatable bonds is 8. The molecule has 0 amide bonds. The Kier molecular flexibility index (Phi) is 7.05. The zero-order valence-corrected chi connectivity index (χ0v) is 12.6. The van der Waals surface area contributed by atoms with Crippen LogP contribution in [0.2, 0.25) is 0 Å². The summed E-state index contributed by atoms with van der Waals surface area (Å²) in [7, 11) is 2.08. The van der Waals surface area contributed by atoms with Crippen molar-refractivity contribution in [2.45, 2.75) is 32.9 Å². The van der Waals surface area contributed by atoms with Crippen LogP contribution < -0.4 is 10.2 Å². The maximum Gasteiger partial charge on any atom is 0.147 e. The van der Waals surface area contributed by atoms with Gasteiger partial charge in [-0.25, -0.2) is 4.98 Å². The van der Waals surface area contributed by atoms with Crippen molar-refractivity contribution in [3.05, 3.63) is 18.1 Å². The van der Waals surface area contributed by atoms with Gasteiger partial charge in [0.15, 0.2) is 0 Å². The smallest absolute Gasteiger partial charge is 0.147 e. The Bertz CT molecular complexity index is 346. The second-order valence-electron chi connectivity index (χ2n) is 4.46. The highest BCUT2D eigenvalue weighted by molar-refractivity contribution is 7.98. The van der Waals surface area contributed by atoms with E-state index in [0.29, 0.717) is 6.04 Å². The fraction of sp³-hybridized carbons (Fsp3) is 0.692. The molecule has 0 aliphatic heterocycles. The number of nitrogens with zero attached hydrogens (tertiary/aromatic N) is 3. The number of hydrogen-bond acceptors (Lipinski definition) is 5. The first-order valence-electron chi connectivity index (χ1n) is 6.42. The van der Waals surface area contributed by atoms with E-state index >= 15 is 0 Å². The van der Waals surface area contributed by atoms with Crippen molar-refractivity contribution >= 4 is 17.6 Å². The monoisotopic (exact) mass is 268 g/mol. The first-order chi connectivity index (χ1) is 8.69. The third kappa shape index (κ3) is 4.82. The van der Waals surface area contributed by atoms with Crippen molar-refractivity contribution in [3.8, 4) is 0 Å². The molecule has 0 aromatic carbocycles. The standard InChI is InChI=1S/C13H24N4S/c1-5-6-14-7-12-8-15-9-13(16-12)17(3)11(2)10-18-4/h8-9,11,14H,5-7,10H2,1-4H3. The summed E-state index contributed by atoms with van der Waals surface area (Å²) < 4.78 is 0. The molecule has 0 saturated carbocycles. The predicted molar refractivity (Wildman–Crippen MR) is 80.3 cm³/mol. The van der Waals surface area contributed by atoms with Crippen molar-refractivity contribution in [2.75, 3.05) is 30.5 Å². The molecule has 5 heteroatoms. The van der Waals surface area contributed by atoms with Crippen LogP contribution in [0.5, 0.6) is 0 Å². The zero-order valence-electron chi connectivity index (χ0n) is 11.8. The molecule has 1 rings (SSSR count). The maximum atomic E-state index is 4.64. The van der Waals surface area contributed by atoms with E-state index in [1.807, 2.05) is 24.2 Å². The van der Waals surface area contributed by atoms with E-state index in [9.17, 15) is 0 Å². The van der Waals surface area contributed by atoms with E-state index in [2.05, 4.69) is 47.3 Å². The molecule has 0 spiro atoms. The maximum absolute atomic E-state index is 4.64. The molecule has 1 unspecified atom stereocenters. The second kappa shape index (κ2) is 8.32. The van der Waals surface area contributed by atoms with E-state index in [1.165, 1.54) is 0 Å². The molecule has 1 aromatic heterocycles. The normalized spacial score (nSPS) is 12.4. The molecule has 102 valence electrons. The van der Waals surface area contributed by atoms with Crippen LogP contribution in [0.25, 0.3) is 0 Å². The van der Waals surface area contributed by atoms with Crippen LogP contribution in [0.4, 0.5) is 5.82 Å². The summed E-state index contributed by atoms with van der Waals surface area (Å²) in [6.45, 7) is 6.18. The summed E-state index contributed by atoms with van der Waals surface area (Å²) in [6.07, 6.45) is 6.93. The van der Waals surface area contributed by atoms with E-state index in [0.717, 1.165) is 36.8 Å². The summed E-state index contributed by atoms with van der Waals surface area (Å²) in [4.78, 5) is 11.1. The SMILES string of the molecule is CCCNCc1cncc(N(C)C(C)CSC)n1. The highest BCUT2D eigenvalue weighted by Crippen LogP contribution is 2.13. The number of thioether (sulfide) groups is 1. The van der Waals surface area contributed by atoms with Gasteiger partial charge < -0.3 is 10.2 Å². The van der Waals surface area contributed by atoms with E-state index in [1.54, 1.807) is 0 Å². The molecule has 0 bridgehead atoms. The van der Waals surface area contributed by atoms with Gasteiger partial charge in [-0.3, -0.25) is 4.98 Å². The fourth-order valence-electron chi connectivity index (χ4n) is 1.62. The van der Waals surface area contributed by atoms with Crippen LogP contribution in [0, 0.1) is 0 Å². The third-order valence-corrected chi connectivity index (χ3v) is 3.65. The van der Waals surface area contributed by atoms with E-state index < -0.39 is 0 Å². The summed E-state index contributed by atoms with van der Waals surface area (Å²) in [5.74, 6) is 2.04. The van der Waals surface area contributed by atoms with Gasteiger partial charge in [-0.1, -0.05) is 6.92 Å². The van der Waals surface area contributed by atoms with Gasteiger partial charge in [-0.05, 0) is 26.1 Å². The van der Waals surface area contributed by atoms with Crippen LogP contribution >= 0.6 is 11.8 Å². The Morgan fingerprint density at radius 2 is 2.22 bits per heavy atom. The number of nitrogens with one attached hydrogen (secondary N) is 1. The Hall–Kier alpha value is -0.810. The molecule has 0 fully saturated rings. The van der Waals surface area contributed by atoms with Crippen LogP contribution in [0.15, 0.2) is 12.4 Å². The fourth-order valence-corrected chi connectivity index (χ4v) is 2.33. The summed E-state index contributed by atoms with van der Waals surface area (Å²) in [6, 6.07) is 0.466. The van der Waals surface area contributed by atoms with E-state index in [4.69, 9.17) is 0 Å². The van der Waals surface area contributed by atoms with Crippen molar-refractivity contribution in [1.29, 1.82) is 0 Å². The van der Waals surface area contributed by atoms with Gasteiger partial charge in [-0.15, -0.1) is 0 Å². The molecule has 1 N–H and O–H groups in total. The van der Waals surface area contributed by atoms with Crippen molar-refractivity contribution in [2.24, 2.45) is 0 Å². The van der Waals surface area contributed by atoms with Crippen LogP contribution in [-0.4, -0.2) is 41.6 Å². The molecule has 0 saturated heterocycles. The first kappa shape index (κ1) is 15.2. The minimum absolute atomic E-state index is 0.466. The molecular formula is C13H24N4S. The molecule has 1 aromatic rings. The zero-order chi connectivity index (χ0) is 13.4. The predicted octanol–water partition coefficient (Wildman–Crippen LogP) is 2.16. The Morgan fingerprint density at radius 3 is 2.89 bits per heavy atom. The summed E-state index contributed by atoms with van der Waals surface area (Å²) in [5, 5.41) is 3.35. The van der Waals surface area contributed by atoms with Gasteiger partial charge >= 0.3 is 0 Å². The average molecular weight is 268 g/mol. The van der Waals surface area contributed by atoms with Crippen LogP contribution in [-0.2, 0) is 6.54 Å². The largest absolute Gasteiger partial charge is 0.355 e. The van der Waals surface area contributed by atoms with Crippen LogP contribution in [0.3, 0.4) is 0 Å². The van der Waals surface area contributed by atoms with Gasteiger partial charge in [-0.2, -0.15) is 11.8 Å². The molecule has 0 radical (unpaired) electrons. The summed E-state index contributed by atoms with van der Waals surface area (Å²) in [5.41, 5.74) is 1.00. The minimum Gasteiger partial charge on any atom is -0.355 e. The van der Waals surface area contributed by atoms with Crippen LogP contribution in [0.1, 0.15) is 26.0 Å². The molecule has 4 nitrogen and oxygen atoms in total. The van der Waals surface area contributed by atoms with Gasteiger partial charge in [0, 0.05) is 31.6 Å². The first-order valence-corrected chi connectivity index (χ1v) is 7.81. The number of anilines is 1. The minimum atomic E-state index is 0.466. The lowest BCUT2D eigenvalue weighted by molar-refractivity contribution is 0.658. The quantitative estimate of drug-likeness (QED) is 0.732. The van der Waals surface area contributed by atoms with Crippen molar-refractivity contribution < 1.29 is 0 Å². The Morgan fingerprint density at radius 1 is 1.44 bits per heavy atom. The van der Waals surface area contributed by atoms with E-state index in [-0.39, 0.29) is 0 Å². The lowest BCUT2D eigenvalue weighted by Gasteiger charge is -2.25. The molecule has 0 aliphatic rings. The molecule has 1 atom stereocenters. The third-order valence-electron chi connectivity index (χ3n) is 2.84. The van der Waals surface area contributed by atoms with Gasteiger partial charge in [0.05, 0.1) is 11.9 Å². The van der Waals surface area contributed by atoms with Gasteiger partial charge in [0.2, 0.25) is 0 Å². The molecule has 1 heterocycles.